The lowest BCUT2D eigenvalue weighted by atomic mass is 10.2. The lowest BCUT2D eigenvalue weighted by Crippen LogP contribution is -2.42. The van der Waals surface area contributed by atoms with Gasteiger partial charge in [-0.3, -0.25) is 14.8 Å². The van der Waals surface area contributed by atoms with E-state index in [1.54, 1.807) is 5.01 Å². The van der Waals surface area contributed by atoms with Crippen molar-refractivity contribution in [1.82, 2.24) is 5.01 Å². The van der Waals surface area contributed by atoms with Gasteiger partial charge in [0.25, 0.3) is 0 Å². The SMILES string of the molecule is Cc1ccc(N2CCC(=O)N2CCN)cc1. The molecule has 1 saturated heterocycles. The third kappa shape index (κ3) is 2.02. The summed E-state index contributed by atoms with van der Waals surface area (Å²) in [5.74, 6) is 0.158. The molecule has 0 aliphatic carbocycles. The quantitative estimate of drug-likeness (QED) is 0.822. The van der Waals surface area contributed by atoms with Crippen LogP contribution in [0.15, 0.2) is 24.3 Å². The maximum atomic E-state index is 11.6. The second kappa shape index (κ2) is 4.53. The number of hydrogen-bond acceptors (Lipinski definition) is 3. The van der Waals surface area contributed by atoms with E-state index >= 15 is 0 Å². The normalized spacial score (nSPS) is 16.0. The van der Waals surface area contributed by atoms with Crippen LogP contribution in [-0.2, 0) is 4.79 Å². The standard InChI is InChI=1S/C12H17N3O/c1-10-2-4-11(5-3-10)14-8-6-12(16)15(14)9-7-13/h2-5H,6-9,13H2,1H3. The zero-order valence-corrected chi connectivity index (χ0v) is 9.52. The number of aryl methyl sites for hydroxylation is 1. The van der Waals surface area contributed by atoms with E-state index in [0.717, 1.165) is 12.2 Å². The highest BCUT2D eigenvalue weighted by Gasteiger charge is 2.28. The summed E-state index contributed by atoms with van der Waals surface area (Å²) >= 11 is 0. The van der Waals surface area contributed by atoms with E-state index in [0.29, 0.717) is 19.5 Å². The molecule has 1 heterocycles. The second-order valence-electron chi connectivity index (χ2n) is 4.01. The van der Waals surface area contributed by atoms with Crippen LogP contribution in [-0.4, -0.2) is 30.6 Å². The number of anilines is 1. The summed E-state index contributed by atoms with van der Waals surface area (Å²) in [5.41, 5.74) is 7.80. The lowest BCUT2D eigenvalue weighted by molar-refractivity contribution is -0.128. The third-order valence-corrected chi connectivity index (χ3v) is 2.79. The van der Waals surface area contributed by atoms with Gasteiger partial charge in [0.15, 0.2) is 0 Å². The molecule has 1 amide bonds. The summed E-state index contributed by atoms with van der Waals surface area (Å²) in [6.45, 7) is 3.89. The molecule has 1 aromatic rings. The molecule has 2 N–H and O–H groups in total. The summed E-state index contributed by atoms with van der Waals surface area (Å²) in [5, 5.41) is 3.75. The zero-order valence-electron chi connectivity index (χ0n) is 9.52. The maximum absolute atomic E-state index is 11.6. The number of nitrogens with two attached hydrogens (primary N) is 1. The van der Waals surface area contributed by atoms with Crippen molar-refractivity contribution in [3.63, 3.8) is 0 Å². The highest BCUT2D eigenvalue weighted by atomic mass is 16.2. The fourth-order valence-corrected chi connectivity index (χ4v) is 1.94. The van der Waals surface area contributed by atoms with Crippen molar-refractivity contribution < 1.29 is 4.79 Å². The van der Waals surface area contributed by atoms with E-state index in [2.05, 4.69) is 19.1 Å². The van der Waals surface area contributed by atoms with Crippen molar-refractivity contribution in [3.05, 3.63) is 29.8 Å². The van der Waals surface area contributed by atoms with Crippen LogP contribution in [0.1, 0.15) is 12.0 Å². The molecule has 0 aromatic heterocycles. The number of hydrazine groups is 1. The summed E-state index contributed by atoms with van der Waals surface area (Å²) in [6.07, 6.45) is 0.577. The number of nitrogens with zero attached hydrogens (tertiary/aromatic N) is 2. The Morgan fingerprint density at radius 3 is 2.62 bits per heavy atom. The molecule has 2 rings (SSSR count). The topological polar surface area (TPSA) is 49.6 Å². The largest absolute Gasteiger partial charge is 0.329 e. The highest BCUT2D eigenvalue weighted by molar-refractivity contribution is 5.81. The number of carbonyl (C=O) groups is 1. The predicted octanol–water partition coefficient (Wildman–Crippen LogP) is 0.907. The van der Waals surface area contributed by atoms with Crippen LogP contribution in [0.25, 0.3) is 0 Å². The molecule has 0 atom stereocenters. The summed E-state index contributed by atoms with van der Waals surface area (Å²) < 4.78 is 0. The van der Waals surface area contributed by atoms with Crippen molar-refractivity contribution in [3.8, 4) is 0 Å². The number of carbonyl (C=O) groups excluding carboxylic acids is 1. The molecule has 0 radical (unpaired) electrons. The highest BCUT2D eigenvalue weighted by Crippen LogP contribution is 2.22. The fourth-order valence-electron chi connectivity index (χ4n) is 1.94. The van der Waals surface area contributed by atoms with E-state index in [9.17, 15) is 4.79 Å². The third-order valence-electron chi connectivity index (χ3n) is 2.79. The predicted molar refractivity (Wildman–Crippen MR) is 63.9 cm³/mol. The van der Waals surface area contributed by atoms with Crippen LogP contribution in [0.4, 0.5) is 5.69 Å². The van der Waals surface area contributed by atoms with Crippen LogP contribution in [0.2, 0.25) is 0 Å². The number of benzene rings is 1. The molecule has 0 unspecified atom stereocenters. The molecule has 1 aliphatic rings. The van der Waals surface area contributed by atoms with Crippen molar-refractivity contribution in [2.45, 2.75) is 13.3 Å². The van der Waals surface area contributed by atoms with Gasteiger partial charge >= 0.3 is 0 Å². The average Bonchev–Trinajstić information content (AvgIpc) is 2.63. The Morgan fingerprint density at radius 2 is 2.00 bits per heavy atom. The summed E-state index contributed by atoms with van der Waals surface area (Å²) in [6, 6.07) is 8.19. The van der Waals surface area contributed by atoms with Crippen LogP contribution in [0, 0.1) is 6.92 Å². The van der Waals surface area contributed by atoms with Gasteiger partial charge in [0.2, 0.25) is 5.91 Å². The molecule has 0 bridgehead atoms. The fraction of sp³-hybridized carbons (Fsp3) is 0.417. The molecule has 1 aromatic carbocycles. The summed E-state index contributed by atoms with van der Waals surface area (Å²) in [7, 11) is 0. The van der Waals surface area contributed by atoms with Gasteiger partial charge in [0, 0.05) is 19.5 Å². The Balaban J connectivity index is 2.19. The van der Waals surface area contributed by atoms with Crippen LogP contribution < -0.4 is 10.7 Å². The first-order valence-electron chi connectivity index (χ1n) is 5.57. The van der Waals surface area contributed by atoms with Crippen molar-refractivity contribution in [2.24, 2.45) is 5.73 Å². The van der Waals surface area contributed by atoms with Gasteiger partial charge in [-0.05, 0) is 19.1 Å². The van der Waals surface area contributed by atoms with Crippen LogP contribution >= 0.6 is 0 Å². The van der Waals surface area contributed by atoms with Crippen LogP contribution in [0.5, 0.6) is 0 Å². The van der Waals surface area contributed by atoms with E-state index in [1.807, 2.05) is 17.1 Å². The molecule has 1 fully saturated rings. The average molecular weight is 219 g/mol. The maximum Gasteiger partial charge on any atom is 0.242 e. The Labute approximate surface area is 95.6 Å². The van der Waals surface area contributed by atoms with Crippen molar-refractivity contribution in [2.75, 3.05) is 24.6 Å². The Hall–Kier alpha value is -1.55. The second-order valence-corrected chi connectivity index (χ2v) is 4.01. The Bertz CT molecular complexity index is 374. The molecule has 0 saturated carbocycles. The number of rotatable bonds is 3. The molecule has 0 spiro atoms. The summed E-state index contributed by atoms with van der Waals surface area (Å²) in [4.78, 5) is 11.6. The molecular weight excluding hydrogens is 202 g/mol. The minimum atomic E-state index is 0.158. The van der Waals surface area contributed by atoms with E-state index < -0.39 is 0 Å². The minimum absolute atomic E-state index is 0.158. The number of hydrogen-bond donors (Lipinski definition) is 1. The van der Waals surface area contributed by atoms with E-state index in [-0.39, 0.29) is 5.91 Å². The van der Waals surface area contributed by atoms with Gasteiger partial charge in [-0.2, -0.15) is 0 Å². The van der Waals surface area contributed by atoms with E-state index in [1.165, 1.54) is 5.56 Å². The first kappa shape index (κ1) is 11.0. The minimum Gasteiger partial charge on any atom is -0.329 e. The van der Waals surface area contributed by atoms with Gasteiger partial charge in [-0.25, -0.2) is 0 Å². The molecular formula is C12H17N3O. The van der Waals surface area contributed by atoms with Crippen LogP contribution in [0.3, 0.4) is 0 Å². The Kier molecular flexibility index (Phi) is 3.10. The van der Waals surface area contributed by atoms with Gasteiger partial charge in [0.1, 0.15) is 0 Å². The smallest absolute Gasteiger partial charge is 0.242 e. The molecule has 4 heteroatoms. The molecule has 1 aliphatic heterocycles. The Morgan fingerprint density at radius 1 is 1.31 bits per heavy atom. The molecule has 16 heavy (non-hydrogen) atoms. The van der Waals surface area contributed by atoms with Crippen molar-refractivity contribution >= 4 is 11.6 Å². The monoisotopic (exact) mass is 219 g/mol. The molecule has 86 valence electrons. The first-order chi connectivity index (χ1) is 7.72. The lowest BCUT2D eigenvalue weighted by Gasteiger charge is -2.29. The van der Waals surface area contributed by atoms with Gasteiger partial charge in [0.05, 0.1) is 12.2 Å². The van der Waals surface area contributed by atoms with Gasteiger partial charge in [-0.15, -0.1) is 0 Å². The number of amides is 1. The zero-order chi connectivity index (χ0) is 11.5. The van der Waals surface area contributed by atoms with Crippen molar-refractivity contribution in [1.29, 1.82) is 0 Å². The van der Waals surface area contributed by atoms with Gasteiger partial charge < -0.3 is 5.73 Å². The molecule has 4 nitrogen and oxygen atoms in total. The van der Waals surface area contributed by atoms with E-state index in [4.69, 9.17) is 5.73 Å². The van der Waals surface area contributed by atoms with Gasteiger partial charge in [-0.1, -0.05) is 17.7 Å². The first-order valence-corrected chi connectivity index (χ1v) is 5.57.